The molecule has 0 saturated carbocycles. The van der Waals surface area contributed by atoms with E-state index in [1.807, 2.05) is 6.92 Å². The summed E-state index contributed by atoms with van der Waals surface area (Å²) in [4.78, 5) is 2.19. The number of hydrogen-bond acceptors (Lipinski definition) is 5. The fourth-order valence-electron chi connectivity index (χ4n) is 2.58. The van der Waals surface area contributed by atoms with Crippen LogP contribution in [0.3, 0.4) is 0 Å². The van der Waals surface area contributed by atoms with E-state index in [1.54, 1.807) is 12.1 Å². The van der Waals surface area contributed by atoms with Gasteiger partial charge >= 0.3 is 0 Å². The first-order chi connectivity index (χ1) is 10.1. The lowest BCUT2D eigenvalue weighted by molar-refractivity contribution is 0.0290. The summed E-state index contributed by atoms with van der Waals surface area (Å²) in [6.07, 6.45) is 0.541. The van der Waals surface area contributed by atoms with Crippen molar-refractivity contribution in [3.8, 4) is 11.5 Å². The van der Waals surface area contributed by atoms with Crippen LogP contribution in [0.1, 0.15) is 19.2 Å². The molecule has 1 N–H and O–H groups in total. The number of aliphatic hydroxyl groups is 1. The van der Waals surface area contributed by atoms with E-state index in [-0.39, 0.29) is 17.8 Å². The van der Waals surface area contributed by atoms with Crippen molar-refractivity contribution in [2.75, 3.05) is 13.1 Å². The Kier molecular flexibility index (Phi) is 3.98. The Hall–Kier alpha value is -1.79. The van der Waals surface area contributed by atoms with Crippen LogP contribution in [0.25, 0.3) is 11.5 Å². The van der Waals surface area contributed by atoms with E-state index < -0.39 is 0 Å². The number of nitrogens with zero attached hydrogens (tertiary/aromatic N) is 3. The monoisotopic (exact) mass is 291 g/mol. The normalized spacial score (nSPS) is 23.4. The van der Waals surface area contributed by atoms with Crippen LogP contribution in [-0.2, 0) is 6.54 Å². The molecule has 2 atom stereocenters. The number of hydrogen-bond donors (Lipinski definition) is 1. The van der Waals surface area contributed by atoms with Gasteiger partial charge < -0.3 is 9.52 Å². The summed E-state index contributed by atoms with van der Waals surface area (Å²) in [5, 5.41) is 17.8. The van der Waals surface area contributed by atoms with Gasteiger partial charge in [-0.25, -0.2) is 4.39 Å². The van der Waals surface area contributed by atoms with Crippen LogP contribution < -0.4 is 0 Å². The van der Waals surface area contributed by atoms with Gasteiger partial charge in [0.1, 0.15) is 5.82 Å². The van der Waals surface area contributed by atoms with Crippen LogP contribution in [0.2, 0.25) is 0 Å². The zero-order chi connectivity index (χ0) is 14.8. The van der Waals surface area contributed by atoms with E-state index in [4.69, 9.17) is 4.42 Å². The lowest BCUT2D eigenvalue weighted by Gasteiger charge is -2.33. The predicted octanol–water partition coefficient (Wildman–Crippen LogP) is 2.08. The van der Waals surface area contributed by atoms with E-state index >= 15 is 0 Å². The van der Waals surface area contributed by atoms with Gasteiger partial charge in [0.2, 0.25) is 11.8 Å². The maximum absolute atomic E-state index is 12.9. The molecular formula is C15H18FN3O2. The van der Waals surface area contributed by atoms with Crippen molar-refractivity contribution in [2.24, 2.45) is 5.92 Å². The second-order valence-corrected chi connectivity index (χ2v) is 5.58. The number of aromatic nitrogens is 2. The van der Waals surface area contributed by atoms with E-state index in [2.05, 4.69) is 15.1 Å². The van der Waals surface area contributed by atoms with Crippen molar-refractivity contribution < 1.29 is 13.9 Å². The molecule has 1 aliphatic rings. The molecule has 5 nitrogen and oxygen atoms in total. The van der Waals surface area contributed by atoms with Crippen LogP contribution in [-0.4, -0.2) is 39.4 Å². The molecule has 0 bridgehead atoms. The van der Waals surface area contributed by atoms with Crippen molar-refractivity contribution in [2.45, 2.75) is 26.0 Å². The van der Waals surface area contributed by atoms with Gasteiger partial charge in [-0.2, -0.15) is 0 Å². The third-order valence-corrected chi connectivity index (χ3v) is 3.86. The first-order valence-electron chi connectivity index (χ1n) is 7.10. The SMILES string of the molecule is CC1CN(Cc2nnc(-c3ccc(F)cc3)o2)CCC1O. The number of rotatable bonds is 3. The van der Waals surface area contributed by atoms with Crippen molar-refractivity contribution in [3.63, 3.8) is 0 Å². The molecule has 2 aromatic rings. The van der Waals surface area contributed by atoms with Gasteiger partial charge in [-0.15, -0.1) is 10.2 Å². The minimum absolute atomic E-state index is 0.223. The summed E-state index contributed by atoms with van der Waals surface area (Å²) < 4.78 is 18.5. The zero-order valence-corrected chi connectivity index (χ0v) is 11.9. The first kappa shape index (κ1) is 14.2. The number of likely N-dealkylation sites (tertiary alicyclic amines) is 1. The minimum atomic E-state index is -0.292. The molecule has 3 rings (SSSR count). The maximum Gasteiger partial charge on any atom is 0.247 e. The molecule has 112 valence electrons. The maximum atomic E-state index is 12.9. The molecule has 0 radical (unpaired) electrons. The van der Waals surface area contributed by atoms with Crippen molar-refractivity contribution in [3.05, 3.63) is 36.0 Å². The van der Waals surface area contributed by atoms with Gasteiger partial charge in [0, 0.05) is 18.7 Å². The molecule has 1 aromatic carbocycles. The highest BCUT2D eigenvalue weighted by molar-refractivity contribution is 5.51. The molecule has 6 heteroatoms. The van der Waals surface area contributed by atoms with Gasteiger partial charge in [0.25, 0.3) is 0 Å². The molecule has 1 saturated heterocycles. The third kappa shape index (κ3) is 3.28. The number of benzene rings is 1. The molecule has 1 aliphatic heterocycles. The van der Waals surface area contributed by atoms with Gasteiger partial charge in [-0.05, 0) is 36.6 Å². The first-order valence-corrected chi connectivity index (χ1v) is 7.10. The van der Waals surface area contributed by atoms with Crippen LogP contribution in [0.5, 0.6) is 0 Å². The fourth-order valence-corrected chi connectivity index (χ4v) is 2.58. The largest absolute Gasteiger partial charge is 0.419 e. The summed E-state index contributed by atoms with van der Waals surface area (Å²) in [7, 11) is 0. The second-order valence-electron chi connectivity index (χ2n) is 5.58. The van der Waals surface area contributed by atoms with Gasteiger partial charge in [-0.3, -0.25) is 4.90 Å². The highest BCUT2D eigenvalue weighted by Crippen LogP contribution is 2.21. The summed E-state index contributed by atoms with van der Waals surface area (Å²) >= 11 is 0. The van der Waals surface area contributed by atoms with E-state index in [9.17, 15) is 9.50 Å². The van der Waals surface area contributed by atoms with Crippen LogP contribution in [0.15, 0.2) is 28.7 Å². The smallest absolute Gasteiger partial charge is 0.247 e. The van der Waals surface area contributed by atoms with Gasteiger partial charge in [0.15, 0.2) is 0 Å². The summed E-state index contributed by atoms with van der Waals surface area (Å²) in [5.74, 6) is 0.894. The molecule has 21 heavy (non-hydrogen) atoms. The molecular weight excluding hydrogens is 273 g/mol. The fraction of sp³-hybridized carbons (Fsp3) is 0.467. The molecule has 1 aromatic heterocycles. The Labute approximate surface area is 122 Å². The van der Waals surface area contributed by atoms with Crippen molar-refractivity contribution in [1.29, 1.82) is 0 Å². The average Bonchev–Trinajstić information content (AvgIpc) is 2.92. The molecule has 2 unspecified atom stereocenters. The summed E-state index contributed by atoms with van der Waals surface area (Å²) in [5.41, 5.74) is 0.706. The lowest BCUT2D eigenvalue weighted by atomic mass is 9.97. The lowest BCUT2D eigenvalue weighted by Crippen LogP contribution is -2.41. The number of piperidine rings is 1. The van der Waals surface area contributed by atoms with Gasteiger partial charge in [0.05, 0.1) is 12.6 Å². The minimum Gasteiger partial charge on any atom is -0.419 e. The van der Waals surface area contributed by atoms with Crippen molar-refractivity contribution in [1.82, 2.24) is 15.1 Å². The summed E-state index contributed by atoms with van der Waals surface area (Å²) in [6.45, 7) is 4.25. The van der Waals surface area contributed by atoms with Gasteiger partial charge in [-0.1, -0.05) is 6.92 Å². The van der Waals surface area contributed by atoms with Crippen molar-refractivity contribution >= 4 is 0 Å². The highest BCUT2D eigenvalue weighted by Gasteiger charge is 2.25. The highest BCUT2D eigenvalue weighted by atomic mass is 19.1. The number of aliphatic hydroxyl groups excluding tert-OH is 1. The Morgan fingerprint density at radius 1 is 1.33 bits per heavy atom. The molecule has 0 aliphatic carbocycles. The average molecular weight is 291 g/mol. The van der Waals surface area contributed by atoms with E-state index in [0.717, 1.165) is 19.5 Å². The Morgan fingerprint density at radius 3 is 2.81 bits per heavy atom. The molecule has 2 heterocycles. The predicted molar refractivity (Wildman–Crippen MR) is 74.8 cm³/mol. The third-order valence-electron chi connectivity index (χ3n) is 3.86. The standard InChI is InChI=1S/C15H18FN3O2/c1-10-8-19(7-6-13(10)20)9-14-17-18-15(21-14)11-2-4-12(16)5-3-11/h2-5,10,13,20H,6-9H2,1H3. The zero-order valence-electron chi connectivity index (χ0n) is 11.9. The van der Waals surface area contributed by atoms with E-state index in [1.165, 1.54) is 12.1 Å². The Bertz CT molecular complexity index is 599. The molecule has 0 spiro atoms. The molecule has 0 amide bonds. The second kappa shape index (κ2) is 5.91. The summed E-state index contributed by atoms with van der Waals surface area (Å²) in [6, 6.07) is 5.97. The van der Waals surface area contributed by atoms with Crippen LogP contribution in [0.4, 0.5) is 4.39 Å². The number of halogens is 1. The van der Waals surface area contributed by atoms with Crippen LogP contribution in [0, 0.1) is 11.7 Å². The van der Waals surface area contributed by atoms with E-state index in [0.29, 0.717) is 23.9 Å². The topological polar surface area (TPSA) is 62.4 Å². The van der Waals surface area contributed by atoms with Crippen LogP contribution >= 0.6 is 0 Å². The Balaban J connectivity index is 1.66. The quantitative estimate of drug-likeness (QED) is 0.938. The molecule has 1 fully saturated rings. The Morgan fingerprint density at radius 2 is 2.10 bits per heavy atom.